The van der Waals surface area contributed by atoms with E-state index in [9.17, 15) is 0 Å². The zero-order chi connectivity index (χ0) is 11.5. The van der Waals surface area contributed by atoms with Gasteiger partial charge in [-0.25, -0.2) is 9.97 Å². The van der Waals surface area contributed by atoms with Crippen LogP contribution in [0, 0.1) is 6.92 Å². The lowest BCUT2D eigenvalue weighted by molar-refractivity contribution is 0.107. The molecule has 0 bridgehead atoms. The summed E-state index contributed by atoms with van der Waals surface area (Å²) in [6, 6.07) is 1.78. The van der Waals surface area contributed by atoms with Crippen molar-refractivity contribution in [1.82, 2.24) is 14.9 Å². The van der Waals surface area contributed by atoms with Crippen molar-refractivity contribution >= 4 is 5.82 Å². The molecule has 0 spiro atoms. The summed E-state index contributed by atoms with van der Waals surface area (Å²) in [6.07, 6.45) is 1.43. The van der Waals surface area contributed by atoms with E-state index in [1.807, 2.05) is 6.92 Å². The molecular weight excluding hydrogens is 204 g/mol. The van der Waals surface area contributed by atoms with Crippen LogP contribution in [0.3, 0.4) is 0 Å². The van der Waals surface area contributed by atoms with Gasteiger partial charge in [0.2, 0.25) is 0 Å². The summed E-state index contributed by atoms with van der Waals surface area (Å²) in [4.78, 5) is 10.9. The van der Waals surface area contributed by atoms with Gasteiger partial charge < -0.3 is 10.5 Å². The third-order valence-electron chi connectivity index (χ3n) is 2.85. The van der Waals surface area contributed by atoms with E-state index in [0.29, 0.717) is 11.9 Å². The van der Waals surface area contributed by atoms with Gasteiger partial charge in [-0.2, -0.15) is 0 Å². The quantitative estimate of drug-likeness (QED) is 0.810. The molecule has 1 unspecified atom stereocenters. The second-order valence-corrected chi connectivity index (χ2v) is 4.23. The van der Waals surface area contributed by atoms with Crippen LogP contribution in [0.15, 0.2) is 6.07 Å². The molecule has 0 radical (unpaired) electrons. The molecule has 1 fully saturated rings. The number of ether oxygens (including phenoxy) is 1. The number of rotatable bonds is 3. The van der Waals surface area contributed by atoms with E-state index in [4.69, 9.17) is 10.5 Å². The Morgan fingerprint density at radius 3 is 3.00 bits per heavy atom. The Hall–Kier alpha value is -1.20. The highest BCUT2D eigenvalue weighted by Crippen LogP contribution is 2.14. The highest BCUT2D eigenvalue weighted by Gasteiger charge is 2.22. The molecule has 2 N–H and O–H groups in total. The molecule has 2 heterocycles. The van der Waals surface area contributed by atoms with Gasteiger partial charge in [0.25, 0.3) is 0 Å². The monoisotopic (exact) mass is 222 g/mol. The topological polar surface area (TPSA) is 64.3 Å². The molecule has 0 aromatic carbocycles. The minimum Gasteiger partial charge on any atom is -0.384 e. The second kappa shape index (κ2) is 4.76. The average Bonchev–Trinajstić information content (AvgIpc) is 2.64. The van der Waals surface area contributed by atoms with Crippen LogP contribution in [0.4, 0.5) is 5.82 Å². The fourth-order valence-electron chi connectivity index (χ4n) is 2.06. The Morgan fingerprint density at radius 1 is 1.56 bits per heavy atom. The summed E-state index contributed by atoms with van der Waals surface area (Å²) < 4.78 is 5.32. The molecule has 1 saturated heterocycles. The maximum Gasteiger partial charge on any atom is 0.144 e. The molecule has 1 aliphatic rings. The Morgan fingerprint density at radius 2 is 2.38 bits per heavy atom. The minimum absolute atomic E-state index is 0.349. The van der Waals surface area contributed by atoms with Crippen molar-refractivity contribution in [2.24, 2.45) is 0 Å². The number of aryl methyl sites for hydroxylation is 1. The molecule has 0 saturated carbocycles. The molecule has 2 rings (SSSR count). The standard InChI is InChI=1S/C11H18N4O/c1-8-5-10(12)14-11(13-8)7-15-4-3-9(6-15)16-2/h5,9H,3-4,6-7H2,1-2H3,(H2,12,13,14). The van der Waals surface area contributed by atoms with Gasteiger partial charge in [0.05, 0.1) is 12.6 Å². The van der Waals surface area contributed by atoms with E-state index in [1.165, 1.54) is 0 Å². The second-order valence-electron chi connectivity index (χ2n) is 4.23. The van der Waals surface area contributed by atoms with Crippen LogP contribution in [0.1, 0.15) is 17.9 Å². The lowest BCUT2D eigenvalue weighted by Crippen LogP contribution is -2.23. The van der Waals surface area contributed by atoms with Crippen molar-refractivity contribution in [2.75, 3.05) is 25.9 Å². The van der Waals surface area contributed by atoms with Crippen molar-refractivity contribution < 1.29 is 4.74 Å². The number of likely N-dealkylation sites (tertiary alicyclic amines) is 1. The predicted octanol–water partition coefficient (Wildman–Crippen LogP) is 0.588. The number of methoxy groups -OCH3 is 1. The smallest absolute Gasteiger partial charge is 0.144 e. The maximum atomic E-state index is 5.69. The van der Waals surface area contributed by atoms with E-state index in [2.05, 4.69) is 14.9 Å². The molecule has 88 valence electrons. The van der Waals surface area contributed by atoms with E-state index in [0.717, 1.165) is 37.6 Å². The zero-order valence-corrected chi connectivity index (χ0v) is 9.81. The molecule has 0 aliphatic carbocycles. The van der Waals surface area contributed by atoms with Gasteiger partial charge in [0.15, 0.2) is 0 Å². The van der Waals surface area contributed by atoms with Crippen LogP contribution >= 0.6 is 0 Å². The Balaban J connectivity index is 1.99. The van der Waals surface area contributed by atoms with Gasteiger partial charge in [-0.3, -0.25) is 4.90 Å². The average molecular weight is 222 g/mol. The van der Waals surface area contributed by atoms with E-state index in [-0.39, 0.29) is 0 Å². The third kappa shape index (κ3) is 2.68. The SMILES string of the molecule is COC1CCN(Cc2nc(C)cc(N)n2)C1. The van der Waals surface area contributed by atoms with E-state index >= 15 is 0 Å². The minimum atomic E-state index is 0.349. The molecule has 5 heteroatoms. The van der Waals surface area contributed by atoms with Crippen molar-refractivity contribution in [3.8, 4) is 0 Å². The summed E-state index contributed by atoms with van der Waals surface area (Å²) in [7, 11) is 1.76. The first-order chi connectivity index (χ1) is 7.67. The molecule has 0 amide bonds. The number of hydrogen-bond acceptors (Lipinski definition) is 5. The van der Waals surface area contributed by atoms with E-state index in [1.54, 1.807) is 13.2 Å². The fourth-order valence-corrected chi connectivity index (χ4v) is 2.06. The van der Waals surface area contributed by atoms with Crippen LogP contribution in [-0.4, -0.2) is 41.2 Å². The summed E-state index contributed by atoms with van der Waals surface area (Å²) in [6.45, 7) is 4.68. The van der Waals surface area contributed by atoms with Gasteiger partial charge in [0, 0.05) is 32.0 Å². The number of hydrogen-bond donors (Lipinski definition) is 1. The highest BCUT2D eigenvalue weighted by atomic mass is 16.5. The zero-order valence-electron chi connectivity index (χ0n) is 9.81. The van der Waals surface area contributed by atoms with Crippen molar-refractivity contribution in [1.29, 1.82) is 0 Å². The van der Waals surface area contributed by atoms with Gasteiger partial charge in [0.1, 0.15) is 11.6 Å². The maximum absolute atomic E-state index is 5.69. The molecule has 16 heavy (non-hydrogen) atoms. The first-order valence-electron chi connectivity index (χ1n) is 5.52. The number of anilines is 1. The Labute approximate surface area is 95.6 Å². The van der Waals surface area contributed by atoms with E-state index < -0.39 is 0 Å². The summed E-state index contributed by atoms with van der Waals surface area (Å²) >= 11 is 0. The number of nitrogens with two attached hydrogens (primary N) is 1. The third-order valence-corrected chi connectivity index (χ3v) is 2.85. The van der Waals surface area contributed by atoms with Gasteiger partial charge >= 0.3 is 0 Å². The highest BCUT2D eigenvalue weighted by molar-refractivity contribution is 5.29. The molecule has 1 aromatic rings. The Kier molecular flexibility index (Phi) is 3.36. The molecule has 1 atom stereocenters. The van der Waals surface area contributed by atoms with Crippen molar-refractivity contribution in [3.63, 3.8) is 0 Å². The van der Waals surface area contributed by atoms with Crippen LogP contribution in [0.5, 0.6) is 0 Å². The van der Waals surface area contributed by atoms with Crippen molar-refractivity contribution in [2.45, 2.75) is 26.0 Å². The largest absolute Gasteiger partial charge is 0.384 e. The number of nitrogen functional groups attached to an aromatic ring is 1. The van der Waals surface area contributed by atoms with Crippen LogP contribution in [-0.2, 0) is 11.3 Å². The number of aromatic nitrogens is 2. The molecular formula is C11H18N4O. The first kappa shape index (κ1) is 11.3. The van der Waals surface area contributed by atoms with Gasteiger partial charge in [-0.15, -0.1) is 0 Å². The molecule has 1 aliphatic heterocycles. The van der Waals surface area contributed by atoms with Crippen LogP contribution in [0.25, 0.3) is 0 Å². The van der Waals surface area contributed by atoms with Crippen molar-refractivity contribution in [3.05, 3.63) is 17.6 Å². The summed E-state index contributed by atoms with van der Waals surface area (Å²) in [5.74, 6) is 1.35. The molecule has 5 nitrogen and oxygen atoms in total. The lowest BCUT2D eigenvalue weighted by atomic mass is 10.3. The van der Waals surface area contributed by atoms with Crippen LogP contribution in [0.2, 0.25) is 0 Å². The Bertz CT molecular complexity index is 349. The lowest BCUT2D eigenvalue weighted by Gasteiger charge is -2.14. The van der Waals surface area contributed by atoms with Gasteiger partial charge in [-0.1, -0.05) is 0 Å². The molecule has 1 aromatic heterocycles. The van der Waals surface area contributed by atoms with Gasteiger partial charge in [-0.05, 0) is 13.3 Å². The number of nitrogens with zero attached hydrogens (tertiary/aromatic N) is 3. The fraction of sp³-hybridized carbons (Fsp3) is 0.636. The first-order valence-corrected chi connectivity index (χ1v) is 5.52. The summed E-state index contributed by atoms with van der Waals surface area (Å²) in [5.41, 5.74) is 6.61. The summed E-state index contributed by atoms with van der Waals surface area (Å²) in [5, 5.41) is 0. The predicted molar refractivity (Wildman–Crippen MR) is 61.9 cm³/mol. The van der Waals surface area contributed by atoms with Crippen LogP contribution < -0.4 is 5.73 Å². The normalized spacial score (nSPS) is 21.5.